The third-order valence-electron chi connectivity index (χ3n) is 3.85. The summed E-state index contributed by atoms with van der Waals surface area (Å²) < 4.78 is 0. The highest BCUT2D eigenvalue weighted by molar-refractivity contribution is 6.30. The maximum Gasteiger partial charge on any atom is 0.152 e. The summed E-state index contributed by atoms with van der Waals surface area (Å²) in [6.07, 6.45) is 4.23. The Bertz CT molecular complexity index is 673. The molecule has 0 saturated heterocycles. The fourth-order valence-corrected chi connectivity index (χ4v) is 2.48. The molecule has 0 spiro atoms. The Morgan fingerprint density at radius 1 is 1.24 bits per heavy atom. The molecule has 0 aliphatic heterocycles. The van der Waals surface area contributed by atoms with Gasteiger partial charge in [-0.1, -0.05) is 18.5 Å². The summed E-state index contributed by atoms with van der Waals surface area (Å²) in [5.74, 6) is 0. The lowest BCUT2D eigenvalue weighted by Crippen LogP contribution is -2.34. The van der Waals surface area contributed by atoms with Crippen LogP contribution >= 0.6 is 11.6 Å². The van der Waals surface area contributed by atoms with Crippen molar-refractivity contribution < 1.29 is 0 Å². The Morgan fingerprint density at radius 3 is 2.48 bits per heavy atom. The molecule has 1 aromatic carbocycles. The molecule has 1 aromatic heterocycles. The molecule has 0 aliphatic rings. The van der Waals surface area contributed by atoms with E-state index in [9.17, 15) is 5.26 Å². The van der Waals surface area contributed by atoms with Gasteiger partial charge in [0.05, 0.1) is 6.07 Å². The molecule has 3 nitrogen and oxygen atoms in total. The maximum absolute atomic E-state index is 9.79. The molecule has 0 saturated carbocycles. The molecule has 0 radical (unpaired) electrons. The van der Waals surface area contributed by atoms with Gasteiger partial charge in [0.1, 0.15) is 0 Å². The Hall–Kier alpha value is -2.05. The minimum Gasteiger partial charge on any atom is -0.364 e. The van der Waals surface area contributed by atoms with Crippen LogP contribution in [0.1, 0.15) is 30.0 Å². The predicted octanol–water partition coefficient (Wildman–Crippen LogP) is 4.59. The summed E-state index contributed by atoms with van der Waals surface area (Å²) in [6, 6.07) is 9.80. The van der Waals surface area contributed by atoms with Gasteiger partial charge in [0.25, 0.3) is 0 Å². The van der Waals surface area contributed by atoms with Gasteiger partial charge in [-0.25, -0.2) is 0 Å². The summed E-state index contributed by atoms with van der Waals surface area (Å²) in [7, 11) is 0. The average Bonchev–Trinajstić information content (AvgIpc) is 2.50. The van der Waals surface area contributed by atoms with Crippen molar-refractivity contribution in [3.05, 3.63) is 58.4 Å². The second-order valence-electron chi connectivity index (χ2n) is 5.13. The average molecular weight is 300 g/mol. The fourth-order valence-electron chi connectivity index (χ4n) is 2.35. The van der Waals surface area contributed by atoms with Crippen molar-refractivity contribution in [3.8, 4) is 6.07 Å². The number of aryl methyl sites for hydroxylation is 1. The van der Waals surface area contributed by atoms with E-state index in [0.29, 0.717) is 11.4 Å². The number of nitriles is 1. The summed E-state index contributed by atoms with van der Waals surface area (Å²) in [5.41, 5.74) is 3.16. The molecule has 4 heteroatoms. The molecule has 2 rings (SSSR count). The minimum atomic E-state index is -0.795. The number of aromatic nitrogens is 1. The number of anilines is 1. The Labute approximate surface area is 130 Å². The van der Waals surface area contributed by atoms with Gasteiger partial charge in [-0.15, -0.1) is 0 Å². The SMILES string of the molecule is CCC(C#N)(Nc1ccc(Cl)cc1)c1cncc(C)c1C. The van der Waals surface area contributed by atoms with Crippen molar-refractivity contribution >= 4 is 17.3 Å². The van der Waals surface area contributed by atoms with E-state index in [1.807, 2.05) is 51.2 Å². The van der Waals surface area contributed by atoms with E-state index in [0.717, 1.165) is 22.4 Å². The molecule has 0 bridgehead atoms. The largest absolute Gasteiger partial charge is 0.364 e. The van der Waals surface area contributed by atoms with Gasteiger partial charge in [-0.2, -0.15) is 5.26 Å². The lowest BCUT2D eigenvalue weighted by Gasteiger charge is -2.30. The fraction of sp³-hybridized carbons (Fsp3) is 0.294. The topological polar surface area (TPSA) is 48.7 Å². The highest BCUT2D eigenvalue weighted by atomic mass is 35.5. The number of nitrogens with one attached hydrogen (secondary N) is 1. The molecular formula is C17H18ClN3. The zero-order valence-corrected chi connectivity index (χ0v) is 13.2. The smallest absolute Gasteiger partial charge is 0.152 e. The predicted molar refractivity (Wildman–Crippen MR) is 86.4 cm³/mol. The molecule has 21 heavy (non-hydrogen) atoms. The summed E-state index contributed by atoms with van der Waals surface area (Å²) >= 11 is 5.91. The molecule has 108 valence electrons. The van der Waals surface area contributed by atoms with E-state index in [2.05, 4.69) is 16.4 Å². The third kappa shape index (κ3) is 3.01. The quantitative estimate of drug-likeness (QED) is 0.898. The lowest BCUT2D eigenvalue weighted by atomic mass is 9.85. The van der Waals surface area contributed by atoms with Gasteiger partial charge in [0.2, 0.25) is 0 Å². The van der Waals surface area contributed by atoms with Crippen LogP contribution in [-0.4, -0.2) is 4.98 Å². The maximum atomic E-state index is 9.79. The van der Waals surface area contributed by atoms with Crippen molar-refractivity contribution in [1.29, 1.82) is 5.26 Å². The summed E-state index contributed by atoms with van der Waals surface area (Å²) in [5, 5.41) is 13.8. The van der Waals surface area contributed by atoms with Crippen molar-refractivity contribution in [2.24, 2.45) is 0 Å². The summed E-state index contributed by atoms with van der Waals surface area (Å²) in [4.78, 5) is 4.25. The molecule has 1 N–H and O–H groups in total. The van der Waals surface area contributed by atoms with E-state index >= 15 is 0 Å². The number of benzene rings is 1. The van der Waals surface area contributed by atoms with Gasteiger partial charge in [0.15, 0.2) is 5.54 Å². The number of halogens is 1. The van der Waals surface area contributed by atoms with Crippen LogP contribution in [0.4, 0.5) is 5.69 Å². The van der Waals surface area contributed by atoms with Crippen LogP contribution in [0.5, 0.6) is 0 Å². The molecule has 1 atom stereocenters. The zero-order chi connectivity index (χ0) is 15.5. The van der Waals surface area contributed by atoms with Crippen molar-refractivity contribution in [3.63, 3.8) is 0 Å². The first-order chi connectivity index (χ1) is 10.0. The molecule has 0 fully saturated rings. The van der Waals surface area contributed by atoms with Gasteiger partial charge < -0.3 is 5.32 Å². The Kier molecular flexibility index (Phi) is 4.50. The number of nitrogens with zero attached hydrogens (tertiary/aromatic N) is 2. The second kappa shape index (κ2) is 6.15. The molecule has 2 aromatic rings. The standard InChI is InChI=1S/C17H18ClN3/c1-4-17(11-19,16-10-20-9-12(2)13(16)3)21-15-7-5-14(18)6-8-15/h5-10,21H,4H2,1-3H3. The van der Waals surface area contributed by atoms with Gasteiger partial charge in [-0.3, -0.25) is 4.98 Å². The van der Waals surface area contributed by atoms with Crippen LogP contribution in [0, 0.1) is 25.2 Å². The second-order valence-corrected chi connectivity index (χ2v) is 5.57. The first kappa shape index (κ1) is 15.3. The highest BCUT2D eigenvalue weighted by Crippen LogP contribution is 2.32. The van der Waals surface area contributed by atoms with E-state index in [1.165, 1.54) is 0 Å². The molecule has 1 unspecified atom stereocenters. The lowest BCUT2D eigenvalue weighted by molar-refractivity contribution is 0.597. The van der Waals surface area contributed by atoms with E-state index in [1.54, 1.807) is 6.20 Å². The first-order valence-electron chi connectivity index (χ1n) is 6.89. The van der Waals surface area contributed by atoms with Crippen LogP contribution in [0.2, 0.25) is 5.02 Å². The van der Waals surface area contributed by atoms with Gasteiger partial charge >= 0.3 is 0 Å². The zero-order valence-electron chi connectivity index (χ0n) is 12.4. The molecule has 0 amide bonds. The van der Waals surface area contributed by atoms with Crippen LogP contribution in [0.25, 0.3) is 0 Å². The Morgan fingerprint density at radius 2 is 1.90 bits per heavy atom. The van der Waals surface area contributed by atoms with Crippen LogP contribution < -0.4 is 5.32 Å². The van der Waals surface area contributed by atoms with Crippen LogP contribution in [0.3, 0.4) is 0 Å². The van der Waals surface area contributed by atoms with E-state index in [4.69, 9.17) is 11.6 Å². The molecular weight excluding hydrogens is 282 g/mol. The normalized spacial score (nSPS) is 13.3. The number of rotatable bonds is 4. The monoisotopic (exact) mass is 299 g/mol. The third-order valence-corrected chi connectivity index (χ3v) is 4.10. The van der Waals surface area contributed by atoms with Gasteiger partial charge in [-0.05, 0) is 55.7 Å². The first-order valence-corrected chi connectivity index (χ1v) is 7.27. The molecule has 0 aliphatic carbocycles. The number of hydrogen-bond donors (Lipinski definition) is 1. The molecule has 1 heterocycles. The van der Waals surface area contributed by atoms with Crippen molar-refractivity contribution in [2.75, 3.05) is 5.32 Å². The van der Waals surface area contributed by atoms with E-state index in [-0.39, 0.29) is 0 Å². The number of hydrogen-bond acceptors (Lipinski definition) is 3. The number of pyridine rings is 1. The Balaban J connectivity index is 2.48. The van der Waals surface area contributed by atoms with Crippen LogP contribution in [0.15, 0.2) is 36.7 Å². The van der Waals surface area contributed by atoms with E-state index < -0.39 is 5.54 Å². The summed E-state index contributed by atoms with van der Waals surface area (Å²) in [6.45, 7) is 6.03. The van der Waals surface area contributed by atoms with Gasteiger partial charge in [0, 0.05) is 28.7 Å². The minimum absolute atomic E-state index is 0.637. The van der Waals surface area contributed by atoms with Crippen molar-refractivity contribution in [2.45, 2.75) is 32.7 Å². The van der Waals surface area contributed by atoms with Crippen LogP contribution in [-0.2, 0) is 5.54 Å². The van der Waals surface area contributed by atoms with Crippen molar-refractivity contribution in [1.82, 2.24) is 4.98 Å². The highest BCUT2D eigenvalue weighted by Gasteiger charge is 2.32.